The summed E-state index contributed by atoms with van der Waals surface area (Å²) in [6.07, 6.45) is 3.53. The molecule has 0 aliphatic carbocycles. The molecule has 0 bridgehead atoms. The summed E-state index contributed by atoms with van der Waals surface area (Å²) in [5.74, 6) is 0.603. The highest BCUT2D eigenvalue weighted by Gasteiger charge is 2.28. The molecule has 7 nitrogen and oxygen atoms in total. The van der Waals surface area contributed by atoms with Crippen LogP contribution >= 0.6 is 0 Å². The molecule has 2 aromatic heterocycles. The first-order chi connectivity index (χ1) is 10.3. The van der Waals surface area contributed by atoms with Crippen LogP contribution in [-0.4, -0.2) is 41.2 Å². The Morgan fingerprint density at radius 2 is 2.33 bits per heavy atom. The van der Waals surface area contributed by atoms with Crippen LogP contribution in [0.3, 0.4) is 0 Å². The zero-order valence-corrected chi connectivity index (χ0v) is 11.9. The Morgan fingerprint density at radius 1 is 1.52 bits per heavy atom. The number of nitrogens with one attached hydrogen (secondary N) is 1. The Kier molecular flexibility index (Phi) is 4.01. The van der Waals surface area contributed by atoms with Gasteiger partial charge in [0.25, 0.3) is 0 Å². The first kappa shape index (κ1) is 13.8. The third kappa shape index (κ3) is 2.82. The standard InChI is InChI=1S/C14H18N4O3/c1-20-14(19)12-13(10-4-6-15-7-5-10)18(17-16-12)9-11-3-2-8-21-11/h2-3,8,10,15H,4-7,9H2,1H3. The molecule has 0 amide bonds. The zero-order chi connectivity index (χ0) is 14.7. The molecular formula is C14H18N4O3. The van der Waals surface area contributed by atoms with E-state index in [1.807, 2.05) is 12.1 Å². The highest BCUT2D eigenvalue weighted by Crippen LogP contribution is 2.28. The largest absolute Gasteiger partial charge is 0.467 e. The van der Waals surface area contributed by atoms with Crippen molar-refractivity contribution < 1.29 is 13.9 Å². The number of ether oxygens (including phenoxy) is 1. The summed E-state index contributed by atoms with van der Waals surface area (Å²) in [7, 11) is 1.36. The molecule has 0 radical (unpaired) electrons. The van der Waals surface area contributed by atoms with Crippen LogP contribution in [0, 0.1) is 0 Å². The van der Waals surface area contributed by atoms with Crippen LogP contribution in [0.4, 0.5) is 0 Å². The molecule has 1 fully saturated rings. The molecule has 1 N–H and O–H groups in total. The van der Waals surface area contributed by atoms with Crippen molar-refractivity contribution in [2.24, 2.45) is 0 Å². The van der Waals surface area contributed by atoms with E-state index in [1.165, 1.54) is 7.11 Å². The van der Waals surface area contributed by atoms with E-state index in [0.29, 0.717) is 12.2 Å². The molecule has 0 atom stereocenters. The van der Waals surface area contributed by atoms with E-state index in [4.69, 9.17) is 9.15 Å². The molecule has 3 rings (SSSR count). The minimum Gasteiger partial charge on any atom is -0.467 e. The fourth-order valence-corrected chi connectivity index (χ4v) is 2.73. The SMILES string of the molecule is COC(=O)c1nnn(Cc2ccco2)c1C1CCNCC1. The Morgan fingerprint density at radius 3 is 3.00 bits per heavy atom. The van der Waals surface area contributed by atoms with Gasteiger partial charge in [0, 0.05) is 5.92 Å². The lowest BCUT2D eigenvalue weighted by atomic mass is 9.93. The fraction of sp³-hybridized carbons (Fsp3) is 0.500. The molecule has 1 aliphatic heterocycles. The number of esters is 1. The average Bonchev–Trinajstić information content (AvgIpc) is 3.17. The maximum absolute atomic E-state index is 11.9. The van der Waals surface area contributed by atoms with Gasteiger partial charge in [-0.2, -0.15) is 0 Å². The van der Waals surface area contributed by atoms with E-state index in [9.17, 15) is 4.79 Å². The van der Waals surface area contributed by atoms with E-state index in [1.54, 1.807) is 10.9 Å². The van der Waals surface area contributed by atoms with E-state index < -0.39 is 5.97 Å². The van der Waals surface area contributed by atoms with Gasteiger partial charge in [0.15, 0.2) is 5.69 Å². The van der Waals surface area contributed by atoms with Crippen molar-refractivity contribution in [3.05, 3.63) is 35.5 Å². The number of methoxy groups -OCH3 is 1. The van der Waals surface area contributed by atoms with E-state index >= 15 is 0 Å². The summed E-state index contributed by atoms with van der Waals surface area (Å²) in [6, 6.07) is 3.71. The van der Waals surface area contributed by atoms with Crippen LogP contribution in [0.25, 0.3) is 0 Å². The van der Waals surface area contributed by atoms with Crippen molar-refractivity contribution in [1.29, 1.82) is 0 Å². The van der Waals surface area contributed by atoms with Gasteiger partial charge in [-0.05, 0) is 38.1 Å². The van der Waals surface area contributed by atoms with Gasteiger partial charge in [-0.25, -0.2) is 9.48 Å². The van der Waals surface area contributed by atoms with Gasteiger partial charge in [0.2, 0.25) is 0 Å². The number of aromatic nitrogens is 3. The second-order valence-corrected chi connectivity index (χ2v) is 5.08. The van der Waals surface area contributed by atoms with Crippen LogP contribution in [0.1, 0.15) is 40.7 Å². The van der Waals surface area contributed by atoms with Crippen LogP contribution < -0.4 is 5.32 Å². The smallest absolute Gasteiger partial charge is 0.360 e. The number of hydrogen-bond acceptors (Lipinski definition) is 6. The molecule has 3 heterocycles. The quantitative estimate of drug-likeness (QED) is 0.851. The van der Waals surface area contributed by atoms with Crippen molar-refractivity contribution >= 4 is 5.97 Å². The fourth-order valence-electron chi connectivity index (χ4n) is 2.73. The first-order valence-corrected chi connectivity index (χ1v) is 7.04. The van der Waals surface area contributed by atoms with Crippen molar-refractivity contribution in [3.8, 4) is 0 Å². The lowest BCUT2D eigenvalue weighted by Crippen LogP contribution is -2.29. The van der Waals surface area contributed by atoms with Gasteiger partial charge in [-0.1, -0.05) is 5.21 Å². The van der Waals surface area contributed by atoms with Crippen LogP contribution in [-0.2, 0) is 11.3 Å². The monoisotopic (exact) mass is 290 g/mol. The molecule has 7 heteroatoms. The summed E-state index contributed by atoms with van der Waals surface area (Å²) in [5, 5.41) is 11.5. The van der Waals surface area contributed by atoms with Gasteiger partial charge >= 0.3 is 5.97 Å². The predicted molar refractivity (Wildman–Crippen MR) is 74.0 cm³/mol. The Hall–Kier alpha value is -2.15. The van der Waals surface area contributed by atoms with E-state index in [0.717, 1.165) is 37.4 Å². The molecule has 0 aromatic carbocycles. The molecule has 1 aliphatic rings. The number of nitrogens with zero attached hydrogens (tertiary/aromatic N) is 3. The van der Waals surface area contributed by atoms with Crippen molar-refractivity contribution in [2.45, 2.75) is 25.3 Å². The molecule has 112 valence electrons. The van der Waals surface area contributed by atoms with Crippen LogP contribution in [0.15, 0.2) is 22.8 Å². The second-order valence-electron chi connectivity index (χ2n) is 5.08. The second kappa shape index (κ2) is 6.09. The third-order valence-electron chi connectivity index (χ3n) is 3.76. The van der Waals surface area contributed by atoms with Crippen LogP contribution in [0.5, 0.6) is 0 Å². The normalized spacial score (nSPS) is 16.0. The van der Waals surface area contributed by atoms with Crippen molar-refractivity contribution in [3.63, 3.8) is 0 Å². The minimum atomic E-state index is -0.436. The van der Waals surface area contributed by atoms with E-state index in [2.05, 4.69) is 15.6 Å². The maximum Gasteiger partial charge on any atom is 0.360 e. The van der Waals surface area contributed by atoms with Gasteiger partial charge in [0.05, 0.1) is 19.1 Å². The Balaban J connectivity index is 1.94. The minimum absolute atomic E-state index is 0.255. The van der Waals surface area contributed by atoms with E-state index in [-0.39, 0.29) is 5.92 Å². The number of piperidine rings is 1. The van der Waals surface area contributed by atoms with Gasteiger partial charge in [-0.3, -0.25) is 0 Å². The summed E-state index contributed by atoms with van der Waals surface area (Å²) in [4.78, 5) is 11.9. The number of furan rings is 1. The molecule has 2 aromatic rings. The van der Waals surface area contributed by atoms with Gasteiger partial charge in [0.1, 0.15) is 12.3 Å². The molecule has 21 heavy (non-hydrogen) atoms. The zero-order valence-electron chi connectivity index (χ0n) is 11.9. The Bertz CT molecular complexity index is 600. The molecule has 1 saturated heterocycles. The summed E-state index contributed by atoms with van der Waals surface area (Å²) < 4.78 is 11.9. The molecule has 0 unspecified atom stereocenters. The highest BCUT2D eigenvalue weighted by atomic mass is 16.5. The summed E-state index contributed by atoms with van der Waals surface area (Å²) >= 11 is 0. The van der Waals surface area contributed by atoms with Crippen LogP contribution in [0.2, 0.25) is 0 Å². The molecular weight excluding hydrogens is 272 g/mol. The topological polar surface area (TPSA) is 82.2 Å². The number of rotatable bonds is 4. The first-order valence-electron chi connectivity index (χ1n) is 7.04. The summed E-state index contributed by atoms with van der Waals surface area (Å²) in [5.41, 5.74) is 1.16. The van der Waals surface area contributed by atoms with Gasteiger partial charge in [-0.15, -0.1) is 5.10 Å². The number of carbonyl (C=O) groups excluding carboxylic acids is 1. The lowest BCUT2D eigenvalue weighted by molar-refractivity contribution is 0.0591. The lowest BCUT2D eigenvalue weighted by Gasteiger charge is -2.23. The predicted octanol–water partition coefficient (Wildman–Crippen LogP) is 1.17. The molecule has 0 spiro atoms. The van der Waals surface area contributed by atoms with Crippen molar-refractivity contribution in [1.82, 2.24) is 20.3 Å². The number of carbonyl (C=O) groups is 1. The maximum atomic E-state index is 11.9. The third-order valence-corrected chi connectivity index (χ3v) is 3.76. The molecule has 0 saturated carbocycles. The summed E-state index contributed by atoms with van der Waals surface area (Å²) in [6.45, 7) is 2.32. The number of hydrogen-bond donors (Lipinski definition) is 1. The van der Waals surface area contributed by atoms with Crippen molar-refractivity contribution in [2.75, 3.05) is 20.2 Å². The highest BCUT2D eigenvalue weighted by molar-refractivity contribution is 5.88. The average molecular weight is 290 g/mol. The Labute approximate surface area is 122 Å². The van der Waals surface area contributed by atoms with Gasteiger partial charge < -0.3 is 14.5 Å².